The molecule has 1 aliphatic heterocycles. The smallest absolute Gasteiger partial charge is 0.0981 e. The monoisotopic (exact) mass is 163 g/mol. The van der Waals surface area contributed by atoms with Gasteiger partial charge in [0.2, 0.25) is 0 Å². The number of benzene rings is 1. The van der Waals surface area contributed by atoms with Crippen LogP contribution < -0.4 is 5.32 Å². The van der Waals surface area contributed by atoms with Crippen molar-refractivity contribution >= 4 is 5.69 Å². The summed E-state index contributed by atoms with van der Waals surface area (Å²) in [7, 11) is 0. The lowest BCUT2D eigenvalue weighted by molar-refractivity contribution is 0.416. The number of anilines is 1. The Morgan fingerprint density at radius 3 is 2.92 bits per heavy atom. The van der Waals surface area contributed by atoms with Crippen LogP contribution in [0.3, 0.4) is 0 Å². The van der Waals surface area contributed by atoms with E-state index in [1.165, 1.54) is 11.3 Å². The Morgan fingerprint density at radius 2 is 2.25 bits per heavy atom. The third kappa shape index (κ3) is 1.77. The quantitative estimate of drug-likeness (QED) is 0.687. The van der Waals surface area contributed by atoms with Gasteiger partial charge in [0.05, 0.1) is 12.7 Å². The summed E-state index contributed by atoms with van der Waals surface area (Å²) in [6.07, 6.45) is 0.449. The van der Waals surface area contributed by atoms with Gasteiger partial charge in [-0.2, -0.15) is 0 Å². The van der Waals surface area contributed by atoms with Gasteiger partial charge in [0.25, 0.3) is 0 Å². The fourth-order valence-electron chi connectivity index (χ4n) is 1.18. The molecule has 0 bridgehead atoms. The SMILES string of the molecule is Cc1ccccc1NCC1CO1. The molecule has 2 nitrogen and oxygen atoms in total. The van der Waals surface area contributed by atoms with Crippen LogP contribution in [0.4, 0.5) is 5.69 Å². The number of nitrogens with one attached hydrogen (secondary N) is 1. The van der Waals surface area contributed by atoms with Crippen molar-refractivity contribution in [3.05, 3.63) is 29.8 Å². The number of hydrogen-bond acceptors (Lipinski definition) is 2. The van der Waals surface area contributed by atoms with Crippen LogP contribution >= 0.6 is 0 Å². The molecule has 2 heteroatoms. The Hall–Kier alpha value is -1.02. The van der Waals surface area contributed by atoms with Crippen LogP contribution in [0.1, 0.15) is 5.56 Å². The molecule has 1 aliphatic rings. The molecule has 0 spiro atoms. The Morgan fingerprint density at radius 1 is 1.50 bits per heavy atom. The maximum Gasteiger partial charge on any atom is 0.0981 e. The zero-order chi connectivity index (χ0) is 8.39. The predicted octanol–water partition coefficient (Wildman–Crippen LogP) is 1.81. The lowest BCUT2D eigenvalue weighted by atomic mass is 10.2. The lowest BCUT2D eigenvalue weighted by Crippen LogP contribution is -2.08. The van der Waals surface area contributed by atoms with Crippen molar-refractivity contribution in [2.24, 2.45) is 0 Å². The summed E-state index contributed by atoms with van der Waals surface area (Å²) in [4.78, 5) is 0. The van der Waals surface area contributed by atoms with Gasteiger partial charge in [-0.1, -0.05) is 18.2 Å². The molecule has 0 aliphatic carbocycles. The van der Waals surface area contributed by atoms with E-state index in [1.807, 2.05) is 12.1 Å². The Labute approximate surface area is 72.5 Å². The van der Waals surface area contributed by atoms with E-state index in [1.54, 1.807) is 0 Å². The molecule has 64 valence electrons. The first kappa shape index (κ1) is 7.62. The van der Waals surface area contributed by atoms with Crippen molar-refractivity contribution < 1.29 is 4.74 Å². The summed E-state index contributed by atoms with van der Waals surface area (Å²) in [6.45, 7) is 3.96. The first-order valence-electron chi connectivity index (χ1n) is 4.27. The van der Waals surface area contributed by atoms with Crippen molar-refractivity contribution in [3.8, 4) is 0 Å². The molecule has 12 heavy (non-hydrogen) atoms. The van der Waals surface area contributed by atoms with Gasteiger partial charge in [0.15, 0.2) is 0 Å². The van der Waals surface area contributed by atoms with E-state index in [9.17, 15) is 0 Å². The molecule has 2 rings (SSSR count). The van der Waals surface area contributed by atoms with Gasteiger partial charge < -0.3 is 10.1 Å². The third-order valence-electron chi connectivity index (χ3n) is 2.07. The van der Waals surface area contributed by atoms with Crippen LogP contribution in [0, 0.1) is 6.92 Å². The zero-order valence-electron chi connectivity index (χ0n) is 7.21. The normalized spacial score (nSPS) is 20.6. The van der Waals surface area contributed by atoms with E-state index >= 15 is 0 Å². The number of para-hydroxylation sites is 1. The van der Waals surface area contributed by atoms with Crippen LogP contribution in [-0.2, 0) is 4.74 Å². The summed E-state index contributed by atoms with van der Waals surface area (Å²) in [6, 6.07) is 8.30. The van der Waals surface area contributed by atoms with Crippen LogP contribution in [0.15, 0.2) is 24.3 Å². The van der Waals surface area contributed by atoms with Gasteiger partial charge in [0, 0.05) is 12.2 Å². The average Bonchev–Trinajstić information content (AvgIpc) is 2.86. The van der Waals surface area contributed by atoms with Crippen molar-refractivity contribution in [3.63, 3.8) is 0 Å². The summed E-state index contributed by atoms with van der Waals surface area (Å²) in [5, 5.41) is 3.35. The van der Waals surface area contributed by atoms with Gasteiger partial charge in [0.1, 0.15) is 0 Å². The second kappa shape index (κ2) is 3.15. The fourth-order valence-corrected chi connectivity index (χ4v) is 1.18. The third-order valence-corrected chi connectivity index (χ3v) is 2.07. The molecule has 1 atom stereocenters. The molecule has 1 aromatic rings. The first-order valence-corrected chi connectivity index (χ1v) is 4.27. The number of hydrogen-bond donors (Lipinski definition) is 1. The summed E-state index contributed by atoms with van der Waals surface area (Å²) in [5.41, 5.74) is 2.51. The van der Waals surface area contributed by atoms with Crippen molar-refractivity contribution in [2.75, 3.05) is 18.5 Å². The summed E-state index contributed by atoms with van der Waals surface area (Å²) < 4.78 is 5.11. The summed E-state index contributed by atoms with van der Waals surface area (Å²) >= 11 is 0. The van der Waals surface area contributed by atoms with Crippen LogP contribution in [-0.4, -0.2) is 19.3 Å². The highest BCUT2D eigenvalue weighted by Crippen LogP contribution is 2.15. The molecule has 0 saturated carbocycles. The highest BCUT2D eigenvalue weighted by molar-refractivity contribution is 5.50. The number of epoxide rings is 1. The van der Waals surface area contributed by atoms with E-state index in [2.05, 4.69) is 24.4 Å². The van der Waals surface area contributed by atoms with Gasteiger partial charge in [-0.05, 0) is 18.6 Å². The molecule has 1 saturated heterocycles. The standard InChI is InChI=1S/C10H13NO/c1-8-4-2-3-5-10(8)11-6-9-7-12-9/h2-5,9,11H,6-7H2,1H3. The highest BCUT2D eigenvalue weighted by Gasteiger charge is 2.21. The summed E-state index contributed by atoms with van der Waals surface area (Å²) in [5.74, 6) is 0. The molecule has 1 heterocycles. The maximum absolute atomic E-state index is 5.11. The fraction of sp³-hybridized carbons (Fsp3) is 0.400. The minimum Gasteiger partial charge on any atom is -0.382 e. The molecular formula is C10H13NO. The molecule has 0 aromatic heterocycles. The number of aryl methyl sites for hydroxylation is 1. The molecule has 0 radical (unpaired) electrons. The number of rotatable bonds is 3. The Balaban J connectivity index is 1.96. The van der Waals surface area contributed by atoms with Gasteiger partial charge in [-0.15, -0.1) is 0 Å². The largest absolute Gasteiger partial charge is 0.382 e. The van der Waals surface area contributed by atoms with Crippen molar-refractivity contribution in [1.29, 1.82) is 0 Å². The molecule has 1 N–H and O–H groups in total. The van der Waals surface area contributed by atoms with E-state index in [0.717, 1.165) is 13.2 Å². The number of ether oxygens (including phenoxy) is 1. The van der Waals surface area contributed by atoms with Crippen LogP contribution in [0.2, 0.25) is 0 Å². The molecular weight excluding hydrogens is 150 g/mol. The van der Waals surface area contributed by atoms with Crippen LogP contribution in [0.25, 0.3) is 0 Å². The van der Waals surface area contributed by atoms with Crippen molar-refractivity contribution in [2.45, 2.75) is 13.0 Å². The van der Waals surface area contributed by atoms with Crippen molar-refractivity contribution in [1.82, 2.24) is 0 Å². The lowest BCUT2D eigenvalue weighted by Gasteiger charge is -2.06. The Kier molecular flexibility index (Phi) is 2.00. The average molecular weight is 163 g/mol. The zero-order valence-corrected chi connectivity index (χ0v) is 7.21. The molecule has 1 unspecified atom stereocenters. The Bertz CT molecular complexity index is 268. The van der Waals surface area contributed by atoms with E-state index in [-0.39, 0.29) is 0 Å². The first-order chi connectivity index (χ1) is 5.86. The highest BCUT2D eigenvalue weighted by atomic mass is 16.6. The van der Waals surface area contributed by atoms with Gasteiger partial charge in [-0.3, -0.25) is 0 Å². The molecule has 0 amide bonds. The van der Waals surface area contributed by atoms with E-state index < -0.39 is 0 Å². The second-order valence-electron chi connectivity index (χ2n) is 3.15. The van der Waals surface area contributed by atoms with E-state index in [0.29, 0.717) is 6.10 Å². The topological polar surface area (TPSA) is 24.6 Å². The minimum absolute atomic E-state index is 0.449. The molecule has 1 fully saturated rings. The van der Waals surface area contributed by atoms with Gasteiger partial charge >= 0.3 is 0 Å². The van der Waals surface area contributed by atoms with E-state index in [4.69, 9.17) is 4.74 Å². The molecule has 1 aromatic carbocycles. The second-order valence-corrected chi connectivity index (χ2v) is 3.15. The van der Waals surface area contributed by atoms with Gasteiger partial charge in [-0.25, -0.2) is 0 Å². The minimum atomic E-state index is 0.449. The maximum atomic E-state index is 5.11. The predicted molar refractivity (Wildman–Crippen MR) is 49.4 cm³/mol. The van der Waals surface area contributed by atoms with Crippen LogP contribution in [0.5, 0.6) is 0 Å².